The molecule has 0 fully saturated rings. The van der Waals surface area contributed by atoms with Gasteiger partial charge in [-0.15, -0.1) is 0 Å². The second-order valence-electron chi connectivity index (χ2n) is 3.54. The molecule has 17 heavy (non-hydrogen) atoms. The molecular weight excluding hydrogens is 241 g/mol. The summed E-state index contributed by atoms with van der Waals surface area (Å²) in [6, 6.07) is 11.7. The van der Waals surface area contributed by atoms with Crippen LogP contribution in [-0.4, -0.2) is 8.42 Å². The number of nitrogens with one attached hydrogen (secondary N) is 1. The van der Waals surface area contributed by atoms with Crippen LogP contribution in [0.5, 0.6) is 0 Å². The number of benzene rings is 2. The van der Waals surface area contributed by atoms with Gasteiger partial charge in [0.2, 0.25) is 0 Å². The standard InChI is InChI=1S/C12H9FNO2S/c13-11-6-4-9(5-7-11)10-2-1-3-12(8-10)17(14,15)16/h1-8H,(H-,14,15,16)/q-1. The van der Waals surface area contributed by atoms with Crippen LogP contribution in [0, 0.1) is 5.82 Å². The third-order valence-corrected chi connectivity index (χ3v) is 3.20. The molecule has 0 spiro atoms. The molecule has 0 saturated carbocycles. The highest BCUT2D eigenvalue weighted by atomic mass is 32.2. The van der Waals surface area contributed by atoms with Gasteiger partial charge in [0.1, 0.15) is 5.82 Å². The van der Waals surface area contributed by atoms with Gasteiger partial charge in [0.25, 0.3) is 0 Å². The van der Waals surface area contributed by atoms with E-state index in [1.165, 1.54) is 24.3 Å². The Labute approximate surface area is 98.8 Å². The lowest BCUT2D eigenvalue weighted by Crippen LogP contribution is -1.92. The van der Waals surface area contributed by atoms with Crippen LogP contribution in [0.3, 0.4) is 0 Å². The molecule has 0 saturated heterocycles. The van der Waals surface area contributed by atoms with Crippen molar-refractivity contribution < 1.29 is 12.8 Å². The van der Waals surface area contributed by atoms with Crippen molar-refractivity contribution in [3.63, 3.8) is 0 Å². The first-order chi connectivity index (χ1) is 7.97. The molecule has 0 aliphatic rings. The summed E-state index contributed by atoms with van der Waals surface area (Å²) < 4.78 is 34.9. The molecule has 0 amide bonds. The SMILES string of the molecule is [NH-]S(=O)(=O)c1cccc(-c2ccc(F)cc2)c1. The Morgan fingerprint density at radius 2 is 1.59 bits per heavy atom. The Hall–Kier alpha value is -1.72. The maximum atomic E-state index is 12.7. The molecule has 2 rings (SSSR count). The number of rotatable bonds is 2. The van der Waals surface area contributed by atoms with Gasteiger partial charge in [-0.3, -0.25) is 0 Å². The highest BCUT2D eigenvalue weighted by Crippen LogP contribution is 2.23. The summed E-state index contributed by atoms with van der Waals surface area (Å²) in [4.78, 5) is -0.0701. The zero-order chi connectivity index (χ0) is 12.5. The highest BCUT2D eigenvalue weighted by Gasteiger charge is 2.03. The first-order valence-electron chi connectivity index (χ1n) is 4.82. The van der Waals surface area contributed by atoms with Crippen LogP contribution in [0.4, 0.5) is 4.39 Å². The van der Waals surface area contributed by atoms with Gasteiger partial charge in [-0.2, -0.15) is 0 Å². The Morgan fingerprint density at radius 3 is 2.18 bits per heavy atom. The van der Waals surface area contributed by atoms with Crippen molar-refractivity contribution in [2.24, 2.45) is 0 Å². The first kappa shape index (κ1) is 11.8. The van der Waals surface area contributed by atoms with Crippen molar-refractivity contribution in [2.75, 3.05) is 0 Å². The van der Waals surface area contributed by atoms with Gasteiger partial charge in [-0.1, -0.05) is 24.3 Å². The van der Waals surface area contributed by atoms with E-state index in [0.717, 1.165) is 0 Å². The summed E-state index contributed by atoms with van der Waals surface area (Å²) in [6.07, 6.45) is 0. The van der Waals surface area contributed by atoms with Crippen LogP contribution in [-0.2, 0) is 10.0 Å². The van der Waals surface area contributed by atoms with Crippen molar-refractivity contribution in [1.29, 1.82) is 0 Å². The van der Waals surface area contributed by atoms with Gasteiger partial charge in [-0.05, 0) is 35.4 Å². The molecule has 1 N–H and O–H groups in total. The lowest BCUT2D eigenvalue weighted by Gasteiger charge is -2.07. The fraction of sp³-hybridized carbons (Fsp3) is 0. The quantitative estimate of drug-likeness (QED) is 0.821. The normalized spacial score (nSPS) is 11.4. The molecule has 0 aliphatic heterocycles. The molecular formula is C12H9FNO2S-. The van der Waals surface area contributed by atoms with E-state index in [-0.39, 0.29) is 10.7 Å². The summed E-state index contributed by atoms with van der Waals surface area (Å²) >= 11 is 0. The molecule has 3 nitrogen and oxygen atoms in total. The highest BCUT2D eigenvalue weighted by molar-refractivity contribution is 7.93. The average molecular weight is 250 g/mol. The first-order valence-corrected chi connectivity index (χ1v) is 6.31. The van der Waals surface area contributed by atoms with Gasteiger partial charge in [-0.25, -0.2) is 12.8 Å². The Kier molecular flexibility index (Phi) is 2.95. The monoisotopic (exact) mass is 250 g/mol. The summed E-state index contributed by atoms with van der Waals surface area (Å²) in [6.45, 7) is 0. The van der Waals surface area contributed by atoms with E-state index in [0.29, 0.717) is 11.1 Å². The Morgan fingerprint density at radius 1 is 0.941 bits per heavy atom. The molecule has 0 aliphatic carbocycles. The van der Waals surface area contributed by atoms with Gasteiger partial charge in [0.15, 0.2) is 0 Å². The van der Waals surface area contributed by atoms with Crippen molar-refractivity contribution >= 4 is 10.0 Å². The fourth-order valence-electron chi connectivity index (χ4n) is 1.49. The van der Waals surface area contributed by atoms with Gasteiger partial charge < -0.3 is 5.14 Å². The van der Waals surface area contributed by atoms with Crippen molar-refractivity contribution in [3.8, 4) is 11.1 Å². The maximum Gasteiger partial charge on any atom is 0.123 e. The zero-order valence-corrected chi connectivity index (χ0v) is 9.54. The minimum Gasteiger partial charge on any atom is -0.560 e. The van der Waals surface area contributed by atoms with E-state index >= 15 is 0 Å². The van der Waals surface area contributed by atoms with Crippen LogP contribution >= 0.6 is 0 Å². The van der Waals surface area contributed by atoms with Gasteiger partial charge >= 0.3 is 0 Å². The summed E-state index contributed by atoms with van der Waals surface area (Å²) in [5.74, 6) is -0.349. The van der Waals surface area contributed by atoms with E-state index in [1.807, 2.05) is 0 Å². The molecule has 88 valence electrons. The lowest BCUT2D eigenvalue weighted by molar-refractivity contribution is 0.605. The maximum absolute atomic E-state index is 12.7. The molecule has 0 unspecified atom stereocenters. The molecule has 0 bridgehead atoms. The molecule has 2 aromatic rings. The zero-order valence-electron chi connectivity index (χ0n) is 8.72. The number of hydrogen-bond acceptors (Lipinski definition) is 2. The minimum atomic E-state index is -3.97. The predicted octanol–water partition coefficient (Wildman–Crippen LogP) is 3.23. The van der Waals surface area contributed by atoms with Gasteiger partial charge in [0, 0.05) is 4.90 Å². The third kappa shape index (κ3) is 2.69. The number of hydrogen-bond donors (Lipinski definition) is 0. The van der Waals surface area contributed by atoms with Crippen molar-refractivity contribution in [3.05, 3.63) is 59.5 Å². The average Bonchev–Trinajstić information content (AvgIpc) is 2.29. The van der Waals surface area contributed by atoms with Crippen LogP contribution in [0.2, 0.25) is 0 Å². The second kappa shape index (κ2) is 4.27. The summed E-state index contributed by atoms with van der Waals surface area (Å²) in [5.41, 5.74) is 1.34. The summed E-state index contributed by atoms with van der Waals surface area (Å²) in [7, 11) is -3.97. The molecule has 5 heteroatoms. The Balaban J connectivity index is 2.50. The second-order valence-corrected chi connectivity index (χ2v) is 5.02. The molecule has 0 heterocycles. The third-order valence-electron chi connectivity index (χ3n) is 2.32. The smallest absolute Gasteiger partial charge is 0.123 e. The number of halogens is 1. The van der Waals surface area contributed by atoms with Crippen molar-refractivity contribution in [2.45, 2.75) is 4.90 Å². The van der Waals surface area contributed by atoms with Crippen LogP contribution < -0.4 is 0 Å². The van der Waals surface area contributed by atoms with E-state index in [9.17, 15) is 12.8 Å². The van der Waals surface area contributed by atoms with E-state index in [2.05, 4.69) is 0 Å². The fourth-order valence-corrected chi connectivity index (χ4v) is 2.02. The largest absolute Gasteiger partial charge is 0.560 e. The van der Waals surface area contributed by atoms with Crippen LogP contribution in [0.1, 0.15) is 0 Å². The molecule has 0 aromatic heterocycles. The molecule has 0 atom stereocenters. The van der Waals surface area contributed by atoms with Crippen LogP contribution in [0.25, 0.3) is 16.3 Å². The Bertz CT molecular complexity index is 636. The topological polar surface area (TPSA) is 57.9 Å². The minimum absolute atomic E-state index is 0.0701. The van der Waals surface area contributed by atoms with Crippen molar-refractivity contribution in [1.82, 2.24) is 0 Å². The van der Waals surface area contributed by atoms with E-state index in [4.69, 9.17) is 5.14 Å². The van der Waals surface area contributed by atoms with E-state index < -0.39 is 10.0 Å². The number of sulfonamides is 1. The molecule has 2 aromatic carbocycles. The lowest BCUT2D eigenvalue weighted by atomic mass is 10.1. The summed E-state index contributed by atoms with van der Waals surface area (Å²) in [5, 5.41) is 6.98. The molecule has 0 radical (unpaired) electrons. The predicted molar refractivity (Wildman–Crippen MR) is 63.3 cm³/mol. The van der Waals surface area contributed by atoms with E-state index in [1.54, 1.807) is 24.3 Å². The van der Waals surface area contributed by atoms with Gasteiger partial charge in [0.05, 0.1) is 10.0 Å². The van der Waals surface area contributed by atoms with Crippen LogP contribution in [0.15, 0.2) is 53.4 Å².